The maximum atomic E-state index is 10.2. The number of carboxylic acid groups (broad SMARTS) is 1. The van der Waals surface area contributed by atoms with Crippen LogP contribution in [0.5, 0.6) is 5.75 Å². The molecule has 148 valence electrons. The van der Waals surface area contributed by atoms with Crippen molar-refractivity contribution in [2.45, 2.75) is 38.7 Å². The van der Waals surface area contributed by atoms with Crippen LogP contribution < -0.4 is 0 Å². The summed E-state index contributed by atoms with van der Waals surface area (Å²) in [7, 11) is 2.03. The number of carboxylic acids is 1. The maximum absolute atomic E-state index is 10.2. The number of hydrogen-bond acceptors (Lipinski definition) is 4. The summed E-state index contributed by atoms with van der Waals surface area (Å²) in [6.07, 6.45) is 2.59. The van der Waals surface area contributed by atoms with Crippen LogP contribution >= 0.6 is 0 Å². The van der Waals surface area contributed by atoms with Gasteiger partial charge >= 0.3 is 5.97 Å². The van der Waals surface area contributed by atoms with E-state index in [1.54, 1.807) is 12.1 Å². The fourth-order valence-corrected chi connectivity index (χ4v) is 2.60. The summed E-state index contributed by atoms with van der Waals surface area (Å²) in [5.74, 6) is -0.403. The van der Waals surface area contributed by atoms with E-state index in [9.17, 15) is 15.0 Å². The van der Waals surface area contributed by atoms with Crippen molar-refractivity contribution < 1.29 is 20.1 Å². The van der Waals surface area contributed by atoms with E-state index in [2.05, 4.69) is 4.90 Å². The van der Waals surface area contributed by atoms with Gasteiger partial charge in [0.05, 0.1) is 6.10 Å². The van der Waals surface area contributed by atoms with E-state index in [4.69, 9.17) is 5.11 Å². The van der Waals surface area contributed by atoms with Crippen molar-refractivity contribution in [2.75, 3.05) is 20.1 Å². The molecule has 27 heavy (non-hydrogen) atoms. The molecular weight excluding hydrogens is 342 g/mol. The van der Waals surface area contributed by atoms with Crippen LogP contribution in [0.4, 0.5) is 0 Å². The molecule has 0 radical (unpaired) electrons. The van der Waals surface area contributed by atoms with Gasteiger partial charge in [0, 0.05) is 13.0 Å². The molecule has 0 aliphatic rings. The summed E-state index contributed by atoms with van der Waals surface area (Å²) < 4.78 is 0. The van der Waals surface area contributed by atoms with Crippen molar-refractivity contribution in [3.63, 3.8) is 0 Å². The molecule has 0 fully saturated rings. The van der Waals surface area contributed by atoms with Gasteiger partial charge < -0.3 is 20.2 Å². The second-order valence-corrected chi connectivity index (χ2v) is 6.60. The highest BCUT2D eigenvalue weighted by molar-refractivity contribution is 5.66. The second-order valence-electron chi connectivity index (χ2n) is 6.60. The molecule has 0 aromatic heterocycles. The molecule has 2 aromatic carbocycles. The fourth-order valence-electron chi connectivity index (χ4n) is 2.60. The summed E-state index contributed by atoms with van der Waals surface area (Å²) >= 11 is 0. The standard InChI is InChI=1S/C18H23NO2.C4H8O2/c1-19(14-18(21)16-7-3-2-4-8-16)13-5-6-15-9-11-17(20)12-10-15;1-2-3-4(5)6/h2-4,7-12,18,20-21H,5-6,13-14H2,1H3;2-3H2,1H3,(H,5,6)/t18-;/m1./s1. The first-order valence-electron chi connectivity index (χ1n) is 9.33. The average Bonchev–Trinajstić information content (AvgIpc) is 2.64. The van der Waals surface area contributed by atoms with Gasteiger partial charge in [-0.2, -0.15) is 0 Å². The van der Waals surface area contributed by atoms with Crippen molar-refractivity contribution in [1.82, 2.24) is 4.90 Å². The topological polar surface area (TPSA) is 81.0 Å². The van der Waals surface area contributed by atoms with Gasteiger partial charge in [-0.15, -0.1) is 0 Å². The van der Waals surface area contributed by atoms with Crippen LogP contribution in [0.2, 0.25) is 0 Å². The van der Waals surface area contributed by atoms with E-state index in [1.165, 1.54) is 5.56 Å². The van der Waals surface area contributed by atoms with Gasteiger partial charge in [0.25, 0.3) is 0 Å². The normalized spacial score (nSPS) is 11.6. The Bertz CT molecular complexity index is 643. The number of phenolic OH excluding ortho intramolecular Hbond substituents is 1. The van der Waals surface area contributed by atoms with Crippen LogP contribution in [0.25, 0.3) is 0 Å². The number of aromatic hydroxyl groups is 1. The van der Waals surface area contributed by atoms with Gasteiger partial charge in [0.15, 0.2) is 0 Å². The van der Waals surface area contributed by atoms with Gasteiger partial charge in [-0.25, -0.2) is 0 Å². The molecule has 0 bridgehead atoms. The van der Waals surface area contributed by atoms with Crippen LogP contribution in [0.3, 0.4) is 0 Å². The molecule has 0 saturated heterocycles. The number of benzene rings is 2. The zero-order valence-corrected chi connectivity index (χ0v) is 16.2. The number of aliphatic hydroxyl groups excluding tert-OH is 1. The number of rotatable bonds is 9. The predicted molar refractivity (Wildman–Crippen MR) is 108 cm³/mol. The third kappa shape index (κ3) is 10.4. The molecule has 1 atom stereocenters. The number of carbonyl (C=O) groups is 1. The first kappa shape index (κ1) is 22.7. The smallest absolute Gasteiger partial charge is 0.303 e. The van der Waals surface area contributed by atoms with Crippen LogP contribution in [0.1, 0.15) is 43.4 Å². The summed E-state index contributed by atoms with van der Waals surface area (Å²) in [5, 5.41) is 27.3. The Morgan fingerprint density at radius 3 is 2.22 bits per heavy atom. The fraction of sp³-hybridized carbons (Fsp3) is 0.409. The molecule has 0 saturated carbocycles. The first-order valence-corrected chi connectivity index (χ1v) is 9.33. The summed E-state index contributed by atoms with van der Waals surface area (Å²) in [6, 6.07) is 17.1. The minimum atomic E-state index is -0.711. The predicted octanol–water partition coefficient (Wildman–Crippen LogP) is 3.86. The summed E-state index contributed by atoms with van der Waals surface area (Å²) in [6.45, 7) is 3.42. The second kappa shape index (κ2) is 12.9. The third-order valence-corrected chi connectivity index (χ3v) is 4.07. The molecule has 5 nitrogen and oxygen atoms in total. The van der Waals surface area contributed by atoms with E-state index in [0.717, 1.165) is 31.4 Å². The van der Waals surface area contributed by atoms with E-state index >= 15 is 0 Å². The molecule has 0 unspecified atom stereocenters. The van der Waals surface area contributed by atoms with Crippen molar-refractivity contribution >= 4 is 5.97 Å². The number of nitrogens with zero attached hydrogens (tertiary/aromatic N) is 1. The Morgan fingerprint density at radius 2 is 1.70 bits per heavy atom. The van der Waals surface area contributed by atoms with Crippen LogP contribution in [-0.2, 0) is 11.2 Å². The van der Waals surface area contributed by atoms with E-state index in [1.807, 2.05) is 56.4 Å². The zero-order chi connectivity index (χ0) is 20.1. The van der Waals surface area contributed by atoms with Gasteiger partial charge in [-0.05, 0) is 56.1 Å². The van der Waals surface area contributed by atoms with Crippen molar-refractivity contribution in [2.24, 2.45) is 0 Å². The molecule has 2 rings (SSSR count). The SMILES string of the molecule is CCCC(=O)O.CN(CCCc1ccc(O)cc1)C[C@@H](O)c1ccccc1. The third-order valence-electron chi connectivity index (χ3n) is 4.07. The molecule has 0 spiro atoms. The highest BCUT2D eigenvalue weighted by Gasteiger charge is 2.09. The Balaban J connectivity index is 0.000000527. The van der Waals surface area contributed by atoms with E-state index < -0.39 is 12.1 Å². The Hall–Kier alpha value is -2.37. The number of likely N-dealkylation sites (N-methyl/N-ethyl adjacent to an activating group) is 1. The van der Waals surface area contributed by atoms with Crippen LogP contribution in [0.15, 0.2) is 54.6 Å². The zero-order valence-electron chi connectivity index (χ0n) is 16.2. The number of hydrogen-bond donors (Lipinski definition) is 3. The lowest BCUT2D eigenvalue weighted by molar-refractivity contribution is -0.137. The first-order chi connectivity index (χ1) is 12.9. The van der Waals surface area contributed by atoms with Gasteiger partial charge in [0.2, 0.25) is 0 Å². The van der Waals surface area contributed by atoms with Gasteiger partial charge in [-0.1, -0.05) is 49.4 Å². The Morgan fingerprint density at radius 1 is 1.07 bits per heavy atom. The van der Waals surface area contributed by atoms with Crippen LogP contribution in [-0.4, -0.2) is 46.3 Å². The van der Waals surface area contributed by atoms with E-state index in [0.29, 0.717) is 18.7 Å². The van der Waals surface area contributed by atoms with Crippen LogP contribution in [0, 0.1) is 0 Å². The molecular formula is C22H31NO4. The number of phenols is 1. The Kier molecular flexibility index (Phi) is 10.8. The molecule has 5 heteroatoms. The van der Waals surface area contributed by atoms with Gasteiger partial charge in [0.1, 0.15) is 5.75 Å². The molecule has 0 aliphatic carbocycles. The highest BCUT2D eigenvalue weighted by atomic mass is 16.4. The van der Waals surface area contributed by atoms with Crippen molar-refractivity contribution in [3.8, 4) is 5.75 Å². The largest absolute Gasteiger partial charge is 0.508 e. The molecule has 0 heterocycles. The molecule has 0 aliphatic heterocycles. The van der Waals surface area contributed by atoms with Crippen molar-refractivity contribution in [1.29, 1.82) is 0 Å². The Labute approximate surface area is 161 Å². The maximum Gasteiger partial charge on any atom is 0.303 e. The van der Waals surface area contributed by atoms with E-state index in [-0.39, 0.29) is 0 Å². The number of aryl methyl sites for hydroxylation is 1. The van der Waals surface area contributed by atoms with Gasteiger partial charge in [-0.3, -0.25) is 4.79 Å². The molecule has 3 N–H and O–H groups in total. The quantitative estimate of drug-likeness (QED) is 0.622. The molecule has 2 aromatic rings. The highest BCUT2D eigenvalue weighted by Crippen LogP contribution is 2.14. The monoisotopic (exact) mass is 373 g/mol. The lowest BCUT2D eigenvalue weighted by Crippen LogP contribution is -2.26. The number of aliphatic carboxylic acids is 1. The minimum Gasteiger partial charge on any atom is -0.508 e. The molecule has 0 amide bonds. The minimum absolute atomic E-state index is 0.292. The summed E-state index contributed by atoms with van der Waals surface area (Å²) in [4.78, 5) is 11.8. The summed E-state index contributed by atoms with van der Waals surface area (Å²) in [5.41, 5.74) is 2.19. The lowest BCUT2D eigenvalue weighted by Gasteiger charge is -2.20. The average molecular weight is 373 g/mol. The number of aliphatic hydroxyl groups is 1. The lowest BCUT2D eigenvalue weighted by atomic mass is 10.1. The van der Waals surface area contributed by atoms with Crippen molar-refractivity contribution in [3.05, 3.63) is 65.7 Å².